The zero-order valence-electron chi connectivity index (χ0n) is 28.4. The van der Waals surface area contributed by atoms with Gasteiger partial charge < -0.3 is 0 Å². The number of allylic oxidation sites excluding steroid dienone is 2. The molecule has 1 aromatic heterocycles. The molecular weight excluding hydrogens is 569 g/mol. The van der Waals surface area contributed by atoms with Gasteiger partial charge in [-0.3, -0.25) is 0 Å². The lowest BCUT2D eigenvalue weighted by Gasteiger charge is -2.24. The van der Waals surface area contributed by atoms with E-state index in [0.29, 0.717) is 11.2 Å². The van der Waals surface area contributed by atoms with Gasteiger partial charge in [-0.2, -0.15) is 0 Å². The summed E-state index contributed by atoms with van der Waals surface area (Å²) in [6.45, 7) is 14.3. The standard InChI is InChI=1S/C42H56S2/c1-27(2)9-7-11-29(5)13-15-31-17-19-33-21-23-35-39(37(33)25-31)43-42-36-24-22-34-20-18-32(26-38(34)40(36)44-41(35)42)16-14-30(6)12-8-10-28(3)4/h17,19,21-30,35,39H,7-16,18,20H2,1-6H3. The number of aryl methyl sites for hydroxylation is 2. The Labute approximate surface area is 277 Å². The van der Waals surface area contributed by atoms with Gasteiger partial charge in [0.2, 0.25) is 0 Å². The van der Waals surface area contributed by atoms with E-state index in [0.717, 1.165) is 23.7 Å². The Bertz CT molecular complexity index is 1500. The quantitative estimate of drug-likeness (QED) is 0.172. The van der Waals surface area contributed by atoms with E-state index in [2.05, 4.69) is 113 Å². The number of rotatable bonds is 14. The molecule has 236 valence electrons. The van der Waals surface area contributed by atoms with Crippen LogP contribution < -0.4 is 0 Å². The minimum atomic E-state index is 0.513. The Morgan fingerprint density at radius 2 is 1.50 bits per heavy atom. The number of fused-ring (bicyclic) bond motifs is 9. The molecule has 4 unspecified atom stereocenters. The average molecular weight is 625 g/mol. The van der Waals surface area contributed by atoms with Crippen LogP contribution in [0.2, 0.25) is 0 Å². The van der Waals surface area contributed by atoms with Crippen LogP contribution in [0.5, 0.6) is 0 Å². The summed E-state index contributed by atoms with van der Waals surface area (Å²) in [5.41, 5.74) is 9.36. The molecule has 0 nitrogen and oxygen atoms in total. The van der Waals surface area contributed by atoms with Crippen molar-refractivity contribution < 1.29 is 0 Å². The fourth-order valence-corrected chi connectivity index (χ4v) is 11.0. The van der Waals surface area contributed by atoms with Gasteiger partial charge in [0, 0.05) is 31.0 Å². The van der Waals surface area contributed by atoms with E-state index >= 15 is 0 Å². The van der Waals surface area contributed by atoms with Crippen molar-refractivity contribution in [1.82, 2.24) is 0 Å². The highest BCUT2D eigenvalue weighted by Gasteiger charge is 2.39. The van der Waals surface area contributed by atoms with Gasteiger partial charge in [0.05, 0.1) is 0 Å². The molecule has 0 bridgehead atoms. The van der Waals surface area contributed by atoms with Crippen molar-refractivity contribution in [3.63, 3.8) is 0 Å². The number of hydrogen-bond donors (Lipinski definition) is 0. The molecule has 1 aliphatic heterocycles. The molecule has 0 saturated heterocycles. The predicted octanol–water partition coefficient (Wildman–Crippen LogP) is 13.8. The first kappa shape index (κ1) is 32.2. The van der Waals surface area contributed by atoms with Crippen molar-refractivity contribution in [2.24, 2.45) is 23.7 Å². The summed E-state index contributed by atoms with van der Waals surface area (Å²) in [6.07, 6.45) is 23.4. The summed E-state index contributed by atoms with van der Waals surface area (Å²) in [5.74, 6) is 3.83. The van der Waals surface area contributed by atoms with Gasteiger partial charge in [0.25, 0.3) is 0 Å². The maximum atomic E-state index is 2.61. The zero-order valence-corrected chi connectivity index (χ0v) is 30.0. The molecule has 3 aromatic rings. The largest absolute Gasteiger partial charge is 0.138 e. The first-order valence-corrected chi connectivity index (χ1v) is 19.7. The molecular formula is C42H56S2. The first-order valence-electron chi connectivity index (χ1n) is 18.0. The molecule has 2 heteroatoms. The molecule has 0 fully saturated rings. The second-order valence-corrected chi connectivity index (χ2v) is 17.6. The normalized spacial score (nSPS) is 20.0. The van der Waals surface area contributed by atoms with Crippen LogP contribution in [0, 0.1) is 23.7 Å². The molecule has 6 rings (SSSR count). The van der Waals surface area contributed by atoms with Crippen molar-refractivity contribution in [3.8, 4) is 0 Å². The van der Waals surface area contributed by atoms with E-state index < -0.39 is 0 Å². The molecule has 0 radical (unpaired) electrons. The van der Waals surface area contributed by atoms with Crippen LogP contribution in [0.15, 0.2) is 46.9 Å². The lowest BCUT2D eigenvalue weighted by molar-refractivity contribution is 0.435. The topological polar surface area (TPSA) is 0 Å². The highest BCUT2D eigenvalue weighted by molar-refractivity contribution is 8.00. The predicted molar refractivity (Wildman–Crippen MR) is 198 cm³/mol. The lowest BCUT2D eigenvalue weighted by atomic mass is 9.86. The first-order chi connectivity index (χ1) is 21.3. The van der Waals surface area contributed by atoms with Crippen molar-refractivity contribution in [2.75, 3.05) is 0 Å². The third kappa shape index (κ3) is 7.28. The van der Waals surface area contributed by atoms with Gasteiger partial charge in [-0.15, -0.1) is 23.1 Å². The van der Waals surface area contributed by atoms with Crippen LogP contribution in [-0.4, -0.2) is 0 Å². The Morgan fingerprint density at radius 3 is 2.23 bits per heavy atom. The van der Waals surface area contributed by atoms with E-state index in [1.807, 2.05) is 0 Å². The average Bonchev–Trinajstić information content (AvgIpc) is 3.55. The summed E-state index contributed by atoms with van der Waals surface area (Å²) >= 11 is 4.27. The van der Waals surface area contributed by atoms with Crippen molar-refractivity contribution in [3.05, 3.63) is 74.7 Å². The summed E-state index contributed by atoms with van der Waals surface area (Å²) in [6, 6.07) is 12.3. The Hall–Kier alpha value is -1.77. The maximum Gasteiger partial charge on any atom is 0.0462 e. The number of benzene rings is 2. The Kier molecular flexibility index (Phi) is 10.5. The summed E-state index contributed by atoms with van der Waals surface area (Å²) in [7, 11) is 0. The monoisotopic (exact) mass is 624 g/mol. The summed E-state index contributed by atoms with van der Waals surface area (Å²) in [4.78, 5) is 3.19. The third-order valence-corrected chi connectivity index (χ3v) is 13.6. The zero-order chi connectivity index (χ0) is 30.8. The summed E-state index contributed by atoms with van der Waals surface area (Å²) < 4.78 is 1.56. The molecule has 3 aliphatic rings. The van der Waals surface area contributed by atoms with E-state index in [1.165, 1.54) is 93.6 Å². The van der Waals surface area contributed by atoms with Gasteiger partial charge >= 0.3 is 0 Å². The molecule has 44 heavy (non-hydrogen) atoms. The molecule has 0 amide bonds. The van der Waals surface area contributed by atoms with Crippen molar-refractivity contribution in [2.45, 2.75) is 135 Å². The minimum Gasteiger partial charge on any atom is -0.138 e. The highest BCUT2D eigenvalue weighted by Crippen LogP contribution is 2.62. The Balaban J connectivity index is 1.15. The molecule has 0 spiro atoms. The van der Waals surface area contributed by atoms with Gasteiger partial charge in [-0.25, -0.2) is 0 Å². The Morgan fingerprint density at radius 1 is 0.773 bits per heavy atom. The van der Waals surface area contributed by atoms with Crippen LogP contribution in [0.4, 0.5) is 0 Å². The van der Waals surface area contributed by atoms with Gasteiger partial charge in [-0.1, -0.05) is 134 Å². The van der Waals surface area contributed by atoms with Crippen LogP contribution in [0.3, 0.4) is 0 Å². The van der Waals surface area contributed by atoms with E-state index in [-0.39, 0.29) is 0 Å². The van der Waals surface area contributed by atoms with Crippen LogP contribution in [0.1, 0.15) is 150 Å². The van der Waals surface area contributed by atoms with E-state index in [4.69, 9.17) is 0 Å². The number of thiophene rings is 1. The van der Waals surface area contributed by atoms with Crippen LogP contribution in [-0.2, 0) is 12.8 Å². The second-order valence-electron chi connectivity index (χ2n) is 15.4. The molecule has 0 N–H and O–H groups in total. The van der Waals surface area contributed by atoms with Crippen LogP contribution >= 0.6 is 23.1 Å². The number of thioether (sulfide) groups is 1. The molecule has 0 saturated carbocycles. The van der Waals surface area contributed by atoms with E-state index in [9.17, 15) is 0 Å². The lowest BCUT2D eigenvalue weighted by Crippen LogP contribution is -2.07. The van der Waals surface area contributed by atoms with Crippen molar-refractivity contribution in [1.29, 1.82) is 0 Å². The van der Waals surface area contributed by atoms with E-state index in [1.54, 1.807) is 36.7 Å². The molecule has 2 aliphatic carbocycles. The highest BCUT2D eigenvalue weighted by atomic mass is 32.2. The van der Waals surface area contributed by atoms with Crippen molar-refractivity contribution >= 4 is 45.3 Å². The van der Waals surface area contributed by atoms with Gasteiger partial charge in [0.1, 0.15) is 0 Å². The second kappa shape index (κ2) is 14.3. The van der Waals surface area contributed by atoms with Gasteiger partial charge in [0.15, 0.2) is 0 Å². The van der Waals surface area contributed by atoms with Crippen LogP contribution in [0.25, 0.3) is 22.2 Å². The van der Waals surface area contributed by atoms with Gasteiger partial charge in [-0.05, 0) is 90.0 Å². The molecule has 2 aromatic carbocycles. The molecule has 4 atom stereocenters. The maximum absolute atomic E-state index is 2.61. The summed E-state index contributed by atoms with van der Waals surface area (Å²) in [5, 5.41) is 2.05. The number of hydrogen-bond acceptors (Lipinski definition) is 2. The SMILES string of the molecule is CC(C)CCCC(C)CCC1=Cc2c(ccc3c4c(sc23)C2C=Cc3ccc(CCC(C)CCCC(C)C)cc3C2S4)CC1. The smallest absolute Gasteiger partial charge is 0.0462 e. The fourth-order valence-electron chi connectivity index (χ4n) is 7.75. The minimum absolute atomic E-state index is 0.513. The fraction of sp³-hybridized carbons (Fsp3) is 0.571. The third-order valence-electron chi connectivity index (χ3n) is 10.7. The molecule has 2 heterocycles.